The van der Waals surface area contributed by atoms with Gasteiger partial charge < -0.3 is 0 Å². The van der Waals surface area contributed by atoms with Crippen LogP contribution in [0.25, 0.3) is 0 Å². The van der Waals surface area contributed by atoms with E-state index < -0.39 is 5.41 Å². The first kappa shape index (κ1) is 13.4. The molecule has 1 aliphatic rings. The molecule has 0 spiro atoms. The Balaban J connectivity index is 2.58. The van der Waals surface area contributed by atoms with Crippen molar-refractivity contribution >= 4 is 0 Å². The summed E-state index contributed by atoms with van der Waals surface area (Å²) in [7, 11) is 0. The van der Waals surface area contributed by atoms with E-state index in [1.165, 1.54) is 5.57 Å². The van der Waals surface area contributed by atoms with Gasteiger partial charge in [0.2, 0.25) is 0 Å². The summed E-state index contributed by atoms with van der Waals surface area (Å²) in [5.74, 6) is -0.0138. The lowest BCUT2D eigenvalue weighted by molar-refractivity contribution is 0.260. The minimum absolute atomic E-state index is 0.109. The van der Waals surface area contributed by atoms with Gasteiger partial charge in [-0.1, -0.05) is 55.3 Å². The fraction of sp³-hybridized carbons (Fsp3) is 0.412. The van der Waals surface area contributed by atoms with E-state index >= 15 is 0 Å². The molecule has 0 saturated carbocycles. The van der Waals surface area contributed by atoms with Crippen molar-refractivity contribution < 1.29 is 0 Å². The third kappa shape index (κ3) is 2.15. The fourth-order valence-electron chi connectivity index (χ4n) is 3.12. The highest BCUT2D eigenvalue weighted by Gasteiger charge is 2.47. The maximum Gasteiger partial charge on any atom is 0.157 e. The SMILES string of the molecule is CC[C@H]1CC(C)=C[C@@H](c2ccccc2)C1(C#N)C#N. The minimum Gasteiger partial charge on any atom is -0.197 e. The lowest BCUT2D eigenvalue weighted by Gasteiger charge is -2.38. The Bertz CT molecular complexity index is 543. The highest BCUT2D eigenvalue weighted by molar-refractivity contribution is 5.39. The Morgan fingerprint density at radius 2 is 1.84 bits per heavy atom. The second-order valence-corrected chi connectivity index (χ2v) is 5.30. The van der Waals surface area contributed by atoms with Crippen LogP contribution < -0.4 is 0 Å². The summed E-state index contributed by atoms with van der Waals surface area (Å²) in [6, 6.07) is 14.6. The number of nitriles is 2. The van der Waals surface area contributed by atoms with Crippen molar-refractivity contribution in [3.05, 3.63) is 47.5 Å². The van der Waals surface area contributed by atoms with Crippen LogP contribution in [0.2, 0.25) is 0 Å². The van der Waals surface area contributed by atoms with Crippen LogP contribution in [0.5, 0.6) is 0 Å². The summed E-state index contributed by atoms with van der Waals surface area (Å²) in [5.41, 5.74) is 1.40. The molecular formula is C17H18N2. The van der Waals surface area contributed by atoms with E-state index in [1.807, 2.05) is 30.3 Å². The summed E-state index contributed by atoms with van der Waals surface area (Å²) in [6.45, 7) is 4.16. The van der Waals surface area contributed by atoms with Gasteiger partial charge in [0.25, 0.3) is 0 Å². The van der Waals surface area contributed by atoms with E-state index in [4.69, 9.17) is 0 Å². The summed E-state index contributed by atoms with van der Waals surface area (Å²) in [6.07, 6.45) is 3.81. The number of hydrogen-bond donors (Lipinski definition) is 0. The van der Waals surface area contributed by atoms with Crippen LogP contribution in [0, 0.1) is 34.0 Å². The Morgan fingerprint density at radius 3 is 2.37 bits per heavy atom. The zero-order valence-corrected chi connectivity index (χ0v) is 11.4. The van der Waals surface area contributed by atoms with Crippen molar-refractivity contribution in [3.63, 3.8) is 0 Å². The van der Waals surface area contributed by atoms with Gasteiger partial charge in [-0.25, -0.2) is 0 Å². The molecular weight excluding hydrogens is 232 g/mol. The largest absolute Gasteiger partial charge is 0.197 e. The molecule has 0 bridgehead atoms. The number of rotatable bonds is 2. The van der Waals surface area contributed by atoms with Crippen molar-refractivity contribution in [2.45, 2.75) is 32.6 Å². The standard InChI is InChI=1S/C17H18N2/c1-3-15-9-13(2)10-16(17(15,11-18)12-19)14-7-5-4-6-8-14/h4-8,10,15-16H,3,9H2,1-2H3/t15-,16-/m0/s1. The van der Waals surface area contributed by atoms with Crippen molar-refractivity contribution in [3.8, 4) is 12.1 Å². The maximum atomic E-state index is 9.66. The van der Waals surface area contributed by atoms with Crippen LogP contribution in [-0.2, 0) is 0 Å². The summed E-state index contributed by atoms with van der Waals surface area (Å²) in [4.78, 5) is 0. The number of nitrogens with zero attached hydrogens (tertiary/aromatic N) is 2. The predicted octanol–water partition coefficient (Wildman–Crippen LogP) is 4.18. The van der Waals surface area contributed by atoms with Crippen LogP contribution in [0.1, 0.15) is 38.2 Å². The van der Waals surface area contributed by atoms with Crippen LogP contribution in [0.4, 0.5) is 0 Å². The number of benzene rings is 1. The molecule has 0 heterocycles. The van der Waals surface area contributed by atoms with E-state index in [2.05, 4.69) is 32.1 Å². The molecule has 0 aliphatic heterocycles. The lowest BCUT2D eigenvalue weighted by Crippen LogP contribution is -2.36. The second kappa shape index (κ2) is 5.29. The van der Waals surface area contributed by atoms with Crippen molar-refractivity contribution in [1.29, 1.82) is 10.5 Å². The van der Waals surface area contributed by atoms with Crippen LogP contribution in [0.3, 0.4) is 0 Å². The van der Waals surface area contributed by atoms with E-state index in [0.29, 0.717) is 0 Å². The van der Waals surface area contributed by atoms with Gasteiger partial charge in [-0.05, 0) is 24.8 Å². The third-order valence-corrected chi connectivity index (χ3v) is 4.18. The molecule has 96 valence electrons. The van der Waals surface area contributed by atoms with Crippen molar-refractivity contribution in [1.82, 2.24) is 0 Å². The summed E-state index contributed by atoms with van der Waals surface area (Å²) >= 11 is 0. The zero-order chi connectivity index (χ0) is 13.9. The molecule has 0 unspecified atom stereocenters. The first-order valence-corrected chi connectivity index (χ1v) is 6.72. The van der Waals surface area contributed by atoms with Crippen LogP contribution >= 0.6 is 0 Å². The normalized spacial score (nSPS) is 24.9. The lowest BCUT2D eigenvalue weighted by atomic mass is 9.60. The van der Waals surface area contributed by atoms with Crippen molar-refractivity contribution in [2.75, 3.05) is 0 Å². The van der Waals surface area contributed by atoms with Gasteiger partial charge in [0.05, 0.1) is 12.1 Å². The molecule has 19 heavy (non-hydrogen) atoms. The zero-order valence-electron chi connectivity index (χ0n) is 11.4. The van der Waals surface area contributed by atoms with Gasteiger partial charge >= 0.3 is 0 Å². The first-order chi connectivity index (χ1) is 9.17. The quantitative estimate of drug-likeness (QED) is 0.739. The number of allylic oxidation sites excluding steroid dienone is 2. The smallest absolute Gasteiger partial charge is 0.157 e. The van der Waals surface area contributed by atoms with Gasteiger partial charge in [0.1, 0.15) is 0 Å². The molecule has 0 amide bonds. The van der Waals surface area contributed by atoms with Crippen LogP contribution in [-0.4, -0.2) is 0 Å². The minimum atomic E-state index is -0.935. The summed E-state index contributed by atoms with van der Waals surface area (Å²) in [5, 5.41) is 19.3. The molecule has 0 fully saturated rings. The first-order valence-electron chi connectivity index (χ1n) is 6.72. The van der Waals surface area contributed by atoms with Gasteiger partial charge in [-0.15, -0.1) is 0 Å². The molecule has 0 radical (unpaired) electrons. The van der Waals surface area contributed by atoms with E-state index in [1.54, 1.807) is 0 Å². The summed E-state index contributed by atoms with van der Waals surface area (Å²) < 4.78 is 0. The molecule has 1 aliphatic carbocycles. The molecule has 2 atom stereocenters. The monoisotopic (exact) mass is 250 g/mol. The molecule has 1 aromatic carbocycles. The number of hydrogen-bond acceptors (Lipinski definition) is 2. The third-order valence-electron chi connectivity index (χ3n) is 4.18. The van der Waals surface area contributed by atoms with E-state index in [9.17, 15) is 10.5 Å². The molecule has 2 nitrogen and oxygen atoms in total. The Labute approximate surface area is 115 Å². The molecule has 1 aromatic rings. The Kier molecular flexibility index (Phi) is 3.72. The van der Waals surface area contributed by atoms with E-state index in [0.717, 1.165) is 18.4 Å². The maximum absolute atomic E-state index is 9.66. The Morgan fingerprint density at radius 1 is 1.21 bits per heavy atom. The fourth-order valence-corrected chi connectivity index (χ4v) is 3.12. The van der Waals surface area contributed by atoms with Crippen LogP contribution in [0.15, 0.2) is 42.0 Å². The van der Waals surface area contributed by atoms with Gasteiger partial charge in [-0.3, -0.25) is 0 Å². The predicted molar refractivity (Wildman–Crippen MR) is 75.0 cm³/mol. The molecule has 0 saturated heterocycles. The molecule has 2 heteroatoms. The van der Waals surface area contributed by atoms with E-state index in [-0.39, 0.29) is 11.8 Å². The van der Waals surface area contributed by atoms with Gasteiger partial charge in [0, 0.05) is 5.92 Å². The molecule has 0 aromatic heterocycles. The van der Waals surface area contributed by atoms with Gasteiger partial charge in [-0.2, -0.15) is 10.5 Å². The average Bonchev–Trinajstić information content (AvgIpc) is 2.47. The highest BCUT2D eigenvalue weighted by atomic mass is 14.5. The highest BCUT2D eigenvalue weighted by Crippen LogP contribution is 2.50. The molecule has 2 rings (SSSR count). The van der Waals surface area contributed by atoms with Crippen molar-refractivity contribution in [2.24, 2.45) is 11.3 Å². The average molecular weight is 250 g/mol. The molecule has 0 N–H and O–H groups in total. The van der Waals surface area contributed by atoms with Gasteiger partial charge in [0.15, 0.2) is 5.41 Å². The topological polar surface area (TPSA) is 47.6 Å². The second-order valence-electron chi connectivity index (χ2n) is 5.30. The Hall–Kier alpha value is -2.06.